The van der Waals surface area contributed by atoms with E-state index in [2.05, 4.69) is 21.2 Å². The second-order valence-corrected chi connectivity index (χ2v) is 6.44. The molecular formula is C12H18BrNO3S. The van der Waals surface area contributed by atoms with Crippen LogP contribution in [0.15, 0.2) is 9.85 Å². The predicted molar refractivity (Wildman–Crippen MR) is 76.4 cm³/mol. The van der Waals surface area contributed by atoms with Gasteiger partial charge in [0.1, 0.15) is 9.54 Å². The summed E-state index contributed by atoms with van der Waals surface area (Å²) in [6.45, 7) is 4.07. The fourth-order valence-electron chi connectivity index (χ4n) is 1.44. The van der Waals surface area contributed by atoms with E-state index in [1.54, 1.807) is 13.2 Å². The largest absolute Gasteiger partial charge is 0.495 e. The first kappa shape index (κ1) is 15.5. The van der Waals surface area contributed by atoms with E-state index in [0.717, 1.165) is 3.79 Å². The van der Waals surface area contributed by atoms with Crippen LogP contribution in [0.25, 0.3) is 0 Å². The van der Waals surface area contributed by atoms with Crippen LogP contribution in [0.5, 0.6) is 5.75 Å². The summed E-state index contributed by atoms with van der Waals surface area (Å²) in [7, 11) is 1.56. The lowest BCUT2D eigenvalue weighted by molar-refractivity contribution is 0.0314. The van der Waals surface area contributed by atoms with Crippen molar-refractivity contribution in [3.63, 3.8) is 0 Å². The van der Waals surface area contributed by atoms with Gasteiger partial charge in [0.25, 0.3) is 5.91 Å². The van der Waals surface area contributed by atoms with Crippen LogP contribution in [0.3, 0.4) is 0 Å². The number of ether oxygens (including phenoxy) is 1. The van der Waals surface area contributed by atoms with Gasteiger partial charge in [-0.3, -0.25) is 4.79 Å². The molecule has 0 unspecified atom stereocenters. The maximum absolute atomic E-state index is 11.9. The number of carbonyl (C=O) groups excluding carboxylic acids is 1. The quantitative estimate of drug-likeness (QED) is 0.840. The summed E-state index contributed by atoms with van der Waals surface area (Å²) in [5.41, 5.74) is -0.825. The molecule has 1 amide bonds. The first-order chi connectivity index (χ1) is 8.45. The SMILES string of the molecule is CCC(O)(CC)CNC(=O)c1cc(OC)c(Br)s1. The lowest BCUT2D eigenvalue weighted by Gasteiger charge is -2.25. The number of hydrogen-bond donors (Lipinski definition) is 2. The molecule has 0 aliphatic heterocycles. The molecule has 0 aliphatic rings. The zero-order valence-corrected chi connectivity index (χ0v) is 13.2. The van der Waals surface area contributed by atoms with Crippen molar-refractivity contribution in [3.05, 3.63) is 14.7 Å². The Bertz CT molecular complexity index is 415. The molecule has 2 N–H and O–H groups in total. The van der Waals surface area contributed by atoms with Crippen LogP contribution in [0.1, 0.15) is 36.4 Å². The summed E-state index contributed by atoms with van der Waals surface area (Å²) in [5.74, 6) is 0.454. The fraction of sp³-hybridized carbons (Fsp3) is 0.583. The number of halogens is 1. The summed E-state index contributed by atoms with van der Waals surface area (Å²) < 4.78 is 5.89. The molecule has 0 fully saturated rings. The first-order valence-corrected chi connectivity index (χ1v) is 7.40. The van der Waals surface area contributed by atoms with E-state index in [1.807, 2.05) is 13.8 Å². The van der Waals surface area contributed by atoms with E-state index in [9.17, 15) is 9.90 Å². The minimum Gasteiger partial charge on any atom is -0.495 e. The molecule has 4 nitrogen and oxygen atoms in total. The summed E-state index contributed by atoms with van der Waals surface area (Å²) in [6.07, 6.45) is 1.22. The Balaban J connectivity index is 2.65. The van der Waals surface area contributed by atoms with Crippen LogP contribution >= 0.6 is 27.3 Å². The van der Waals surface area contributed by atoms with Gasteiger partial charge in [0.05, 0.1) is 17.6 Å². The average molecular weight is 336 g/mol. The zero-order valence-electron chi connectivity index (χ0n) is 10.7. The number of rotatable bonds is 6. The number of aliphatic hydroxyl groups is 1. The van der Waals surface area contributed by atoms with Gasteiger partial charge in [0.15, 0.2) is 0 Å². The minimum absolute atomic E-state index is 0.190. The van der Waals surface area contributed by atoms with Crippen molar-refractivity contribution in [2.24, 2.45) is 0 Å². The molecule has 1 rings (SSSR count). The van der Waals surface area contributed by atoms with Crippen LogP contribution < -0.4 is 10.1 Å². The van der Waals surface area contributed by atoms with Crippen LogP contribution in [-0.2, 0) is 0 Å². The smallest absolute Gasteiger partial charge is 0.261 e. The van der Waals surface area contributed by atoms with Crippen molar-refractivity contribution in [1.82, 2.24) is 5.32 Å². The number of carbonyl (C=O) groups is 1. The number of amides is 1. The number of methoxy groups -OCH3 is 1. The summed E-state index contributed by atoms with van der Waals surface area (Å²) in [5, 5.41) is 12.8. The van der Waals surface area contributed by atoms with Crippen molar-refractivity contribution >= 4 is 33.2 Å². The van der Waals surface area contributed by atoms with E-state index >= 15 is 0 Å². The topological polar surface area (TPSA) is 58.6 Å². The second kappa shape index (κ2) is 6.54. The van der Waals surface area contributed by atoms with E-state index in [-0.39, 0.29) is 12.5 Å². The highest BCUT2D eigenvalue weighted by Gasteiger charge is 2.23. The molecule has 0 spiro atoms. The monoisotopic (exact) mass is 335 g/mol. The van der Waals surface area contributed by atoms with Crippen LogP contribution in [0.4, 0.5) is 0 Å². The zero-order chi connectivity index (χ0) is 13.8. The number of thiophene rings is 1. The second-order valence-electron chi connectivity index (χ2n) is 4.07. The Morgan fingerprint density at radius 1 is 1.56 bits per heavy atom. The lowest BCUT2D eigenvalue weighted by atomic mass is 9.98. The third-order valence-electron chi connectivity index (χ3n) is 2.99. The van der Waals surface area contributed by atoms with Crippen molar-refractivity contribution in [1.29, 1.82) is 0 Å². The maximum Gasteiger partial charge on any atom is 0.261 e. The Kier molecular flexibility index (Phi) is 5.62. The molecule has 0 bridgehead atoms. The third-order valence-corrected chi connectivity index (χ3v) is 4.77. The van der Waals surface area contributed by atoms with Crippen molar-refractivity contribution in [3.8, 4) is 5.75 Å². The van der Waals surface area contributed by atoms with Crippen molar-refractivity contribution < 1.29 is 14.6 Å². The van der Waals surface area contributed by atoms with Crippen molar-refractivity contribution in [2.45, 2.75) is 32.3 Å². The summed E-state index contributed by atoms with van der Waals surface area (Å²) in [6, 6.07) is 1.68. The molecule has 1 aromatic heterocycles. The molecule has 0 radical (unpaired) electrons. The molecule has 18 heavy (non-hydrogen) atoms. The van der Waals surface area contributed by atoms with Crippen LogP contribution in [0, 0.1) is 0 Å². The Morgan fingerprint density at radius 3 is 2.61 bits per heavy atom. The molecule has 0 saturated carbocycles. The normalized spacial score (nSPS) is 11.4. The first-order valence-electron chi connectivity index (χ1n) is 5.79. The summed E-state index contributed by atoms with van der Waals surface area (Å²) >= 11 is 4.64. The average Bonchev–Trinajstić information content (AvgIpc) is 2.77. The molecule has 0 atom stereocenters. The Morgan fingerprint density at radius 2 is 2.17 bits per heavy atom. The van der Waals surface area contributed by atoms with Gasteiger partial charge in [-0.25, -0.2) is 0 Å². The highest BCUT2D eigenvalue weighted by atomic mass is 79.9. The number of nitrogens with one attached hydrogen (secondary N) is 1. The standard InChI is InChI=1S/C12H18BrNO3S/c1-4-12(16,5-2)7-14-11(15)9-6-8(17-3)10(13)18-9/h6,16H,4-5,7H2,1-3H3,(H,14,15). The van der Waals surface area contributed by atoms with E-state index in [4.69, 9.17) is 4.74 Å². The third kappa shape index (κ3) is 3.70. The molecule has 0 aromatic carbocycles. The molecule has 6 heteroatoms. The molecule has 0 aliphatic carbocycles. The summed E-state index contributed by atoms with van der Waals surface area (Å²) in [4.78, 5) is 12.5. The van der Waals surface area contributed by atoms with Gasteiger partial charge in [0, 0.05) is 12.6 Å². The van der Waals surface area contributed by atoms with Gasteiger partial charge in [0.2, 0.25) is 0 Å². The molecule has 0 saturated heterocycles. The fourth-order valence-corrected chi connectivity index (χ4v) is 3.00. The minimum atomic E-state index is -0.825. The highest BCUT2D eigenvalue weighted by Crippen LogP contribution is 2.34. The van der Waals surface area contributed by atoms with Gasteiger partial charge < -0.3 is 15.2 Å². The van der Waals surface area contributed by atoms with E-state index in [0.29, 0.717) is 23.5 Å². The van der Waals surface area contributed by atoms with Gasteiger partial charge in [-0.05, 0) is 28.8 Å². The van der Waals surface area contributed by atoms with Crippen LogP contribution in [0.2, 0.25) is 0 Å². The molecule has 1 heterocycles. The lowest BCUT2D eigenvalue weighted by Crippen LogP contribution is -2.41. The highest BCUT2D eigenvalue weighted by molar-refractivity contribution is 9.11. The number of hydrogen-bond acceptors (Lipinski definition) is 4. The molecular weight excluding hydrogens is 318 g/mol. The Hall–Kier alpha value is -0.590. The van der Waals surface area contributed by atoms with E-state index < -0.39 is 5.60 Å². The van der Waals surface area contributed by atoms with Crippen LogP contribution in [-0.4, -0.2) is 30.3 Å². The van der Waals surface area contributed by atoms with Crippen molar-refractivity contribution in [2.75, 3.05) is 13.7 Å². The van der Waals surface area contributed by atoms with Gasteiger partial charge >= 0.3 is 0 Å². The maximum atomic E-state index is 11.9. The molecule has 1 aromatic rings. The molecule has 102 valence electrons. The Labute approximate surface area is 119 Å². The van der Waals surface area contributed by atoms with Gasteiger partial charge in [-0.2, -0.15) is 0 Å². The van der Waals surface area contributed by atoms with Gasteiger partial charge in [-0.15, -0.1) is 11.3 Å². The predicted octanol–water partition coefficient (Wildman–Crippen LogP) is 2.80. The van der Waals surface area contributed by atoms with E-state index in [1.165, 1.54) is 11.3 Å². The van der Waals surface area contributed by atoms with Gasteiger partial charge in [-0.1, -0.05) is 13.8 Å².